The van der Waals surface area contributed by atoms with Crippen LogP contribution in [-0.2, 0) is 11.3 Å². The van der Waals surface area contributed by atoms with E-state index in [0.29, 0.717) is 25.0 Å². The fourth-order valence-electron chi connectivity index (χ4n) is 4.16. The van der Waals surface area contributed by atoms with Crippen LogP contribution >= 0.6 is 0 Å². The largest absolute Gasteiger partial charge is 0.367 e. The van der Waals surface area contributed by atoms with Crippen molar-refractivity contribution < 1.29 is 4.79 Å². The van der Waals surface area contributed by atoms with Gasteiger partial charge in [-0.25, -0.2) is 9.97 Å². The number of hydrogen-bond acceptors (Lipinski definition) is 6. The molecule has 7 heteroatoms. The van der Waals surface area contributed by atoms with Gasteiger partial charge < -0.3 is 20.4 Å². The lowest BCUT2D eigenvalue weighted by atomic mass is 10.0. The second kappa shape index (κ2) is 9.54. The van der Waals surface area contributed by atoms with Crippen LogP contribution in [0.1, 0.15) is 58.4 Å². The second-order valence-electron chi connectivity index (χ2n) is 8.75. The summed E-state index contributed by atoms with van der Waals surface area (Å²) in [6.45, 7) is 9.68. The SMILES string of the molecule is CC(C)CCC(C)Nc1ncnc2c1CN(C1CCCNCC1)C(=O)CN2C. The fraction of sp³-hybridized carbons (Fsp3) is 0.762. The third kappa shape index (κ3) is 5.13. The summed E-state index contributed by atoms with van der Waals surface area (Å²) in [6, 6.07) is 0.620. The van der Waals surface area contributed by atoms with E-state index in [1.807, 2.05) is 11.9 Å². The Morgan fingerprint density at radius 1 is 1.18 bits per heavy atom. The number of carbonyl (C=O) groups excluding carboxylic acids is 1. The quantitative estimate of drug-likeness (QED) is 0.780. The zero-order valence-electron chi connectivity index (χ0n) is 17.9. The molecule has 7 nitrogen and oxygen atoms in total. The number of nitrogens with one attached hydrogen (secondary N) is 2. The highest BCUT2D eigenvalue weighted by Gasteiger charge is 2.31. The summed E-state index contributed by atoms with van der Waals surface area (Å²) in [5.41, 5.74) is 1.05. The highest BCUT2D eigenvalue weighted by molar-refractivity contribution is 5.84. The molecule has 1 aromatic rings. The minimum atomic E-state index is 0.186. The maximum Gasteiger partial charge on any atom is 0.242 e. The molecule has 2 aliphatic rings. The van der Waals surface area contributed by atoms with Crippen molar-refractivity contribution in [1.82, 2.24) is 20.2 Å². The van der Waals surface area contributed by atoms with Crippen molar-refractivity contribution in [2.45, 2.75) is 71.5 Å². The average Bonchev–Trinajstić information content (AvgIpc) is 2.99. The van der Waals surface area contributed by atoms with Crippen LogP contribution in [0.2, 0.25) is 0 Å². The number of rotatable bonds is 6. The van der Waals surface area contributed by atoms with Crippen LogP contribution in [0.15, 0.2) is 6.33 Å². The summed E-state index contributed by atoms with van der Waals surface area (Å²) in [4.78, 5) is 26.1. The molecule has 1 amide bonds. The smallest absolute Gasteiger partial charge is 0.242 e. The molecule has 1 saturated heterocycles. The number of nitrogens with zero attached hydrogens (tertiary/aromatic N) is 4. The summed E-state index contributed by atoms with van der Waals surface area (Å²) in [6.07, 6.45) is 7.07. The van der Waals surface area contributed by atoms with Gasteiger partial charge in [0.05, 0.1) is 18.7 Å². The summed E-state index contributed by atoms with van der Waals surface area (Å²) >= 11 is 0. The van der Waals surface area contributed by atoms with E-state index in [4.69, 9.17) is 0 Å². The summed E-state index contributed by atoms with van der Waals surface area (Å²) in [5, 5.41) is 7.05. The second-order valence-corrected chi connectivity index (χ2v) is 8.75. The van der Waals surface area contributed by atoms with Crippen molar-refractivity contribution in [2.75, 3.05) is 36.9 Å². The molecule has 156 valence electrons. The number of amides is 1. The highest BCUT2D eigenvalue weighted by atomic mass is 16.2. The van der Waals surface area contributed by atoms with E-state index in [1.54, 1.807) is 6.33 Å². The molecule has 2 aliphatic heterocycles. The standard InChI is InChI=1S/C21H36N6O/c1-15(2)7-8-16(3)25-20-18-12-27(17-6-5-10-22-11-9-17)19(28)13-26(4)21(18)24-14-23-20/h14-17,22H,5-13H2,1-4H3,(H,23,24,25). The van der Waals surface area contributed by atoms with Crippen molar-refractivity contribution >= 4 is 17.5 Å². The number of fused-ring (bicyclic) bond motifs is 1. The Balaban J connectivity index is 1.83. The Hall–Kier alpha value is -1.89. The fourth-order valence-corrected chi connectivity index (χ4v) is 4.16. The van der Waals surface area contributed by atoms with Crippen LogP contribution in [0.3, 0.4) is 0 Å². The van der Waals surface area contributed by atoms with E-state index >= 15 is 0 Å². The first-order valence-electron chi connectivity index (χ1n) is 10.8. The van der Waals surface area contributed by atoms with Crippen LogP contribution in [-0.4, -0.2) is 59.5 Å². The summed E-state index contributed by atoms with van der Waals surface area (Å²) in [5.74, 6) is 2.62. The van der Waals surface area contributed by atoms with Crippen LogP contribution < -0.4 is 15.5 Å². The van der Waals surface area contributed by atoms with Gasteiger partial charge in [-0.2, -0.15) is 0 Å². The molecular weight excluding hydrogens is 352 g/mol. The van der Waals surface area contributed by atoms with Gasteiger partial charge in [-0.3, -0.25) is 4.79 Å². The Morgan fingerprint density at radius 3 is 2.79 bits per heavy atom. The monoisotopic (exact) mass is 388 g/mol. The van der Waals surface area contributed by atoms with Crippen molar-refractivity contribution in [3.8, 4) is 0 Å². The molecule has 0 saturated carbocycles. The molecule has 0 spiro atoms. The van der Waals surface area contributed by atoms with Crippen molar-refractivity contribution in [3.63, 3.8) is 0 Å². The predicted octanol–water partition coefficient (Wildman–Crippen LogP) is 2.63. The van der Waals surface area contributed by atoms with E-state index in [1.165, 1.54) is 6.42 Å². The molecule has 3 heterocycles. The minimum Gasteiger partial charge on any atom is -0.367 e. The van der Waals surface area contributed by atoms with Gasteiger partial charge in [0.25, 0.3) is 0 Å². The van der Waals surface area contributed by atoms with Crippen molar-refractivity contribution in [3.05, 3.63) is 11.9 Å². The Labute approximate surface area is 169 Å². The predicted molar refractivity (Wildman–Crippen MR) is 114 cm³/mol. The third-order valence-electron chi connectivity index (χ3n) is 5.85. The normalized spacial score (nSPS) is 21.9. The zero-order chi connectivity index (χ0) is 20.1. The number of likely N-dealkylation sites (N-methyl/N-ethyl adjacent to an activating group) is 1. The van der Waals surface area contributed by atoms with Crippen LogP contribution in [0.4, 0.5) is 11.6 Å². The zero-order valence-corrected chi connectivity index (χ0v) is 17.9. The first kappa shape index (κ1) is 20.8. The lowest BCUT2D eigenvalue weighted by Crippen LogP contribution is -2.43. The average molecular weight is 389 g/mol. The maximum absolute atomic E-state index is 13.0. The molecule has 28 heavy (non-hydrogen) atoms. The van der Waals surface area contributed by atoms with Crippen molar-refractivity contribution in [2.24, 2.45) is 5.92 Å². The van der Waals surface area contributed by atoms with Gasteiger partial charge in [0.15, 0.2) is 0 Å². The number of anilines is 2. The van der Waals surface area contributed by atoms with Crippen LogP contribution in [0.5, 0.6) is 0 Å². The van der Waals surface area contributed by atoms with Gasteiger partial charge in [0.2, 0.25) is 5.91 Å². The van der Waals surface area contributed by atoms with E-state index < -0.39 is 0 Å². The molecular formula is C21H36N6O. The molecule has 0 radical (unpaired) electrons. The molecule has 0 bridgehead atoms. The lowest BCUT2D eigenvalue weighted by Gasteiger charge is -2.30. The number of aromatic nitrogens is 2. The van der Waals surface area contributed by atoms with E-state index in [2.05, 4.69) is 46.3 Å². The summed E-state index contributed by atoms with van der Waals surface area (Å²) < 4.78 is 0. The van der Waals surface area contributed by atoms with E-state index in [0.717, 1.165) is 56.0 Å². The molecule has 3 rings (SSSR count). The first-order valence-corrected chi connectivity index (χ1v) is 10.8. The Kier molecular flexibility index (Phi) is 7.10. The molecule has 2 unspecified atom stereocenters. The van der Waals surface area contributed by atoms with Crippen LogP contribution in [0, 0.1) is 5.92 Å². The summed E-state index contributed by atoms with van der Waals surface area (Å²) in [7, 11) is 1.95. The molecule has 1 aromatic heterocycles. The Morgan fingerprint density at radius 2 is 2.00 bits per heavy atom. The van der Waals surface area contributed by atoms with Crippen molar-refractivity contribution in [1.29, 1.82) is 0 Å². The first-order chi connectivity index (χ1) is 13.5. The van der Waals surface area contributed by atoms with Gasteiger partial charge in [0, 0.05) is 19.1 Å². The van der Waals surface area contributed by atoms with Gasteiger partial charge in [-0.05, 0) is 58.0 Å². The molecule has 2 N–H and O–H groups in total. The van der Waals surface area contributed by atoms with Gasteiger partial charge in [0.1, 0.15) is 18.0 Å². The third-order valence-corrected chi connectivity index (χ3v) is 5.85. The molecule has 2 atom stereocenters. The van der Waals surface area contributed by atoms with Gasteiger partial charge >= 0.3 is 0 Å². The molecule has 1 fully saturated rings. The van der Waals surface area contributed by atoms with Gasteiger partial charge in [-0.15, -0.1) is 0 Å². The highest BCUT2D eigenvalue weighted by Crippen LogP contribution is 2.30. The Bertz CT molecular complexity index is 656. The van der Waals surface area contributed by atoms with Crippen LogP contribution in [0.25, 0.3) is 0 Å². The number of carbonyl (C=O) groups is 1. The minimum absolute atomic E-state index is 0.186. The lowest BCUT2D eigenvalue weighted by molar-refractivity contribution is -0.132. The van der Waals surface area contributed by atoms with Gasteiger partial charge in [-0.1, -0.05) is 13.8 Å². The topological polar surface area (TPSA) is 73.4 Å². The molecule has 0 aromatic carbocycles. The maximum atomic E-state index is 13.0. The van der Waals surface area contributed by atoms with E-state index in [9.17, 15) is 4.79 Å². The molecule has 0 aliphatic carbocycles. The number of hydrogen-bond donors (Lipinski definition) is 2. The van der Waals surface area contributed by atoms with E-state index in [-0.39, 0.29) is 11.9 Å².